The molecular formula is C22H25N5O. The maximum absolute atomic E-state index is 12.1. The van der Waals surface area contributed by atoms with Crippen LogP contribution >= 0.6 is 0 Å². The number of benzene rings is 2. The Kier molecular flexibility index (Phi) is 5.37. The van der Waals surface area contributed by atoms with Crippen LogP contribution in [0.25, 0.3) is 22.0 Å². The van der Waals surface area contributed by atoms with E-state index in [1.807, 2.05) is 30.2 Å². The zero-order valence-electron chi connectivity index (χ0n) is 16.1. The summed E-state index contributed by atoms with van der Waals surface area (Å²) < 4.78 is 0. The molecule has 3 aromatic rings. The molecule has 28 heavy (non-hydrogen) atoms. The third kappa shape index (κ3) is 3.91. The minimum atomic E-state index is 0.00943. The molecule has 0 radical (unpaired) electrons. The maximum atomic E-state index is 12.1. The van der Waals surface area contributed by atoms with E-state index in [4.69, 9.17) is 4.98 Å². The summed E-state index contributed by atoms with van der Waals surface area (Å²) in [4.78, 5) is 25.5. The van der Waals surface area contributed by atoms with E-state index in [0.717, 1.165) is 43.3 Å². The number of rotatable bonds is 3. The normalized spacial score (nSPS) is 14.8. The second-order valence-electron chi connectivity index (χ2n) is 6.97. The van der Waals surface area contributed by atoms with E-state index >= 15 is 0 Å². The van der Waals surface area contributed by atoms with Crippen LogP contribution in [-0.4, -0.2) is 53.6 Å². The molecule has 1 fully saturated rings. The molecular weight excluding hydrogens is 350 g/mol. The molecule has 144 valence electrons. The number of nitrogens with zero attached hydrogens (tertiary/aromatic N) is 4. The molecule has 4 rings (SSSR count). The predicted octanol–water partition coefficient (Wildman–Crippen LogP) is 3.54. The van der Waals surface area contributed by atoms with Crippen LogP contribution < -0.4 is 10.2 Å². The number of carbonyl (C=O) groups excluding carboxylic acids is 1. The molecule has 1 aliphatic rings. The average molecular weight is 375 g/mol. The molecule has 0 saturated carbocycles. The third-order valence-electron chi connectivity index (χ3n) is 5.08. The van der Waals surface area contributed by atoms with E-state index in [1.54, 1.807) is 0 Å². The van der Waals surface area contributed by atoms with Gasteiger partial charge in [-0.25, -0.2) is 14.8 Å². The molecule has 2 heterocycles. The van der Waals surface area contributed by atoms with E-state index in [1.165, 1.54) is 10.8 Å². The molecule has 0 atom stereocenters. The van der Waals surface area contributed by atoms with Crippen molar-refractivity contribution in [1.82, 2.24) is 20.2 Å². The van der Waals surface area contributed by atoms with Crippen LogP contribution in [0.1, 0.15) is 13.3 Å². The van der Waals surface area contributed by atoms with Crippen molar-refractivity contribution in [3.63, 3.8) is 0 Å². The van der Waals surface area contributed by atoms with Gasteiger partial charge < -0.3 is 15.1 Å². The first-order chi connectivity index (χ1) is 13.7. The minimum Gasteiger partial charge on any atom is -0.339 e. The Labute approximate surface area is 165 Å². The molecule has 1 N–H and O–H groups in total. The van der Waals surface area contributed by atoms with Gasteiger partial charge in [0, 0.05) is 44.5 Å². The van der Waals surface area contributed by atoms with Crippen molar-refractivity contribution in [2.45, 2.75) is 13.3 Å². The van der Waals surface area contributed by atoms with E-state index in [2.05, 4.69) is 51.6 Å². The molecule has 6 heteroatoms. The van der Waals surface area contributed by atoms with Gasteiger partial charge in [-0.3, -0.25) is 0 Å². The maximum Gasteiger partial charge on any atom is 0.317 e. The minimum absolute atomic E-state index is 0.00943. The number of nitrogens with one attached hydrogen (secondary N) is 1. The number of hydrogen-bond acceptors (Lipinski definition) is 4. The summed E-state index contributed by atoms with van der Waals surface area (Å²) in [6, 6.07) is 16.7. The molecule has 6 nitrogen and oxygen atoms in total. The lowest BCUT2D eigenvalue weighted by Crippen LogP contribution is -2.42. The first-order valence-electron chi connectivity index (χ1n) is 9.84. The summed E-state index contributed by atoms with van der Waals surface area (Å²) >= 11 is 0. The number of aromatic nitrogens is 2. The SMILES string of the molecule is CCNC(=O)N1CCCN(c2nccc(-c3ccc4ccccc4c3)n2)CC1. The summed E-state index contributed by atoms with van der Waals surface area (Å²) in [5.41, 5.74) is 2.00. The van der Waals surface area contributed by atoms with Crippen LogP contribution in [0, 0.1) is 0 Å². The van der Waals surface area contributed by atoms with E-state index < -0.39 is 0 Å². The van der Waals surface area contributed by atoms with Crippen molar-refractivity contribution in [2.75, 3.05) is 37.6 Å². The molecule has 2 aromatic carbocycles. The standard InChI is InChI=1S/C22H25N5O/c1-2-23-22(28)27-13-5-12-26(14-15-27)21-24-11-10-20(25-21)19-9-8-17-6-3-4-7-18(17)16-19/h3-4,6-11,16H,2,5,12-15H2,1H3,(H,23,28). The number of fused-ring (bicyclic) bond motifs is 1. The molecule has 2 amide bonds. The van der Waals surface area contributed by atoms with Crippen molar-refractivity contribution < 1.29 is 4.79 Å². The lowest BCUT2D eigenvalue weighted by Gasteiger charge is -2.22. The Morgan fingerprint density at radius 1 is 1.04 bits per heavy atom. The number of amides is 2. The van der Waals surface area contributed by atoms with Gasteiger partial charge in [-0.1, -0.05) is 36.4 Å². The van der Waals surface area contributed by atoms with Crippen molar-refractivity contribution in [2.24, 2.45) is 0 Å². The Hall–Kier alpha value is -3.15. The van der Waals surface area contributed by atoms with Crippen LogP contribution in [0.3, 0.4) is 0 Å². The largest absolute Gasteiger partial charge is 0.339 e. The second kappa shape index (κ2) is 8.25. The Balaban J connectivity index is 1.54. The molecule has 0 spiro atoms. The molecule has 1 aliphatic heterocycles. The van der Waals surface area contributed by atoms with Crippen molar-refractivity contribution >= 4 is 22.8 Å². The fourth-order valence-corrected chi connectivity index (χ4v) is 3.59. The Morgan fingerprint density at radius 2 is 1.89 bits per heavy atom. The zero-order valence-corrected chi connectivity index (χ0v) is 16.1. The Morgan fingerprint density at radius 3 is 2.75 bits per heavy atom. The van der Waals surface area contributed by atoms with Gasteiger partial charge in [0.05, 0.1) is 5.69 Å². The summed E-state index contributed by atoms with van der Waals surface area (Å²) in [7, 11) is 0. The van der Waals surface area contributed by atoms with Crippen LogP contribution in [0.4, 0.5) is 10.7 Å². The van der Waals surface area contributed by atoms with Gasteiger partial charge in [0.25, 0.3) is 0 Å². The van der Waals surface area contributed by atoms with Crippen molar-refractivity contribution in [3.05, 3.63) is 54.7 Å². The Bertz CT molecular complexity index is 974. The molecule has 0 aliphatic carbocycles. The van der Waals surface area contributed by atoms with Gasteiger partial charge in [0.15, 0.2) is 0 Å². The zero-order chi connectivity index (χ0) is 19.3. The predicted molar refractivity (Wildman–Crippen MR) is 112 cm³/mol. The van der Waals surface area contributed by atoms with Crippen LogP contribution in [0.15, 0.2) is 54.7 Å². The fraction of sp³-hybridized carbons (Fsp3) is 0.318. The van der Waals surface area contributed by atoms with Crippen molar-refractivity contribution in [1.29, 1.82) is 0 Å². The fourth-order valence-electron chi connectivity index (χ4n) is 3.59. The number of carbonyl (C=O) groups is 1. The topological polar surface area (TPSA) is 61.4 Å². The summed E-state index contributed by atoms with van der Waals surface area (Å²) in [5.74, 6) is 0.725. The lowest BCUT2D eigenvalue weighted by molar-refractivity contribution is 0.202. The van der Waals surface area contributed by atoms with Crippen LogP contribution in [0.5, 0.6) is 0 Å². The molecule has 1 saturated heterocycles. The van der Waals surface area contributed by atoms with Gasteiger partial charge >= 0.3 is 6.03 Å². The molecule has 0 bridgehead atoms. The lowest BCUT2D eigenvalue weighted by atomic mass is 10.1. The monoisotopic (exact) mass is 375 g/mol. The quantitative estimate of drug-likeness (QED) is 0.761. The highest BCUT2D eigenvalue weighted by Crippen LogP contribution is 2.24. The van der Waals surface area contributed by atoms with Gasteiger partial charge in [-0.15, -0.1) is 0 Å². The van der Waals surface area contributed by atoms with Gasteiger partial charge in [-0.2, -0.15) is 0 Å². The van der Waals surface area contributed by atoms with Crippen LogP contribution in [-0.2, 0) is 0 Å². The third-order valence-corrected chi connectivity index (χ3v) is 5.08. The highest BCUT2D eigenvalue weighted by Gasteiger charge is 2.20. The number of urea groups is 1. The number of hydrogen-bond donors (Lipinski definition) is 1. The summed E-state index contributed by atoms with van der Waals surface area (Å²) in [6.45, 7) is 5.60. The molecule has 1 aromatic heterocycles. The van der Waals surface area contributed by atoms with E-state index in [-0.39, 0.29) is 6.03 Å². The second-order valence-corrected chi connectivity index (χ2v) is 6.97. The summed E-state index contributed by atoms with van der Waals surface area (Å²) in [5, 5.41) is 5.30. The van der Waals surface area contributed by atoms with Gasteiger partial charge in [0.2, 0.25) is 5.95 Å². The smallest absolute Gasteiger partial charge is 0.317 e. The van der Waals surface area contributed by atoms with E-state index in [0.29, 0.717) is 13.1 Å². The van der Waals surface area contributed by atoms with Gasteiger partial charge in [-0.05, 0) is 36.2 Å². The molecule has 0 unspecified atom stereocenters. The van der Waals surface area contributed by atoms with Crippen molar-refractivity contribution in [3.8, 4) is 11.3 Å². The van der Waals surface area contributed by atoms with Gasteiger partial charge in [0.1, 0.15) is 0 Å². The highest BCUT2D eigenvalue weighted by atomic mass is 16.2. The van der Waals surface area contributed by atoms with E-state index in [9.17, 15) is 4.79 Å². The summed E-state index contributed by atoms with van der Waals surface area (Å²) in [6.07, 6.45) is 2.72. The average Bonchev–Trinajstić information content (AvgIpc) is 3.00. The first-order valence-corrected chi connectivity index (χ1v) is 9.84. The van der Waals surface area contributed by atoms with Crippen LogP contribution in [0.2, 0.25) is 0 Å². The first kappa shape index (κ1) is 18.2. The highest BCUT2D eigenvalue weighted by molar-refractivity contribution is 5.86. The number of anilines is 1.